The van der Waals surface area contributed by atoms with Crippen molar-refractivity contribution in [1.29, 1.82) is 0 Å². The summed E-state index contributed by atoms with van der Waals surface area (Å²) in [6, 6.07) is 56.6. The molecule has 2 heteroatoms. The Labute approximate surface area is 320 Å². The SMILES string of the molecule is C=C/C=C\C(=C)c1c2ccccc2c(-c2ccc3cc(-c4ccc5sc6cc7cc8c(cc7cc6c5c4)sc4ccccc48)ccc3c2)c2ccccc12. The quantitative estimate of drug-likeness (QED) is 0.123. The molecule has 0 radical (unpaired) electrons. The molecule has 252 valence electrons. The zero-order chi connectivity index (χ0) is 35.9. The van der Waals surface area contributed by atoms with Gasteiger partial charge in [0.05, 0.1) is 0 Å². The lowest BCUT2D eigenvalue weighted by molar-refractivity contribution is 1.67. The minimum absolute atomic E-state index is 0.982. The predicted molar refractivity (Wildman–Crippen MR) is 241 cm³/mol. The molecule has 9 aromatic carbocycles. The van der Waals surface area contributed by atoms with E-state index >= 15 is 0 Å². The average molecular weight is 721 g/mol. The molecule has 2 aromatic heterocycles. The van der Waals surface area contributed by atoms with Crippen molar-refractivity contribution in [3.8, 4) is 22.3 Å². The fourth-order valence-corrected chi connectivity index (χ4v) is 10.8. The Morgan fingerprint density at radius 3 is 1.57 bits per heavy atom. The van der Waals surface area contributed by atoms with Crippen LogP contribution in [0.2, 0.25) is 0 Å². The van der Waals surface area contributed by atoms with Gasteiger partial charge in [0.25, 0.3) is 0 Å². The molecule has 0 fully saturated rings. The normalized spacial score (nSPS) is 12.1. The third kappa shape index (κ3) is 4.81. The summed E-state index contributed by atoms with van der Waals surface area (Å²) in [6.07, 6.45) is 5.82. The zero-order valence-corrected chi connectivity index (χ0v) is 31.0. The van der Waals surface area contributed by atoms with Crippen molar-refractivity contribution < 1.29 is 0 Å². The van der Waals surface area contributed by atoms with Crippen molar-refractivity contribution in [2.45, 2.75) is 0 Å². The van der Waals surface area contributed by atoms with Crippen LogP contribution in [0.15, 0.2) is 183 Å². The second-order valence-electron chi connectivity index (χ2n) is 14.2. The highest BCUT2D eigenvalue weighted by Gasteiger charge is 2.17. The van der Waals surface area contributed by atoms with E-state index < -0.39 is 0 Å². The smallest absolute Gasteiger partial charge is 0.0361 e. The van der Waals surface area contributed by atoms with Crippen molar-refractivity contribution in [3.05, 3.63) is 189 Å². The molecule has 2 heterocycles. The minimum atomic E-state index is 0.982. The largest absolute Gasteiger partial charge is 0.135 e. The first kappa shape index (κ1) is 31.2. The third-order valence-electron chi connectivity index (χ3n) is 11.1. The van der Waals surface area contributed by atoms with Gasteiger partial charge in [-0.15, -0.1) is 22.7 Å². The lowest BCUT2D eigenvalue weighted by Crippen LogP contribution is -1.92. The summed E-state index contributed by atoms with van der Waals surface area (Å²) in [6.45, 7) is 8.33. The van der Waals surface area contributed by atoms with Crippen molar-refractivity contribution in [2.24, 2.45) is 0 Å². The van der Waals surface area contributed by atoms with Crippen molar-refractivity contribution in [3.63, 3.8) is 0 Å². The van der Waals surface area contributed by atoms with Gasteiger partial charge in [0.2, 0.25) is 0 Å². The highest BCUT2D eigenvalue weighted by atomic mass is 32.1. The molecule has 0 saturated carbocycles. The van der Waals surface area contributed by atoms with E-state index in [1.54, 1.807) is 6.08 Å². The third-order valence-corrected chi connectivity index (χ3v) is 13.3. The first-order valence-corrected chi connectivity index (χ1v) is 19.9. The maximum atomic E-state index is 4.46. The molecule has 0 saturated heterocycles. The molecular formula is C52H32S2. The first-order chi connectivity index (χ1) is 26.6. The molecule has 0 atom stereocenters. The Hall–Kier alpha value is -6.32. The van der Waals surface area contributed by atoms with Gasteiger partial charge in [0, 0.05) is 40.3 Å². The number of benzene rings is 9. The molecule has 0 aliphatic rings. The summed E-state index contributed by atoms with van der Waals surface area (Å²) in [4.78, 5) is 0. The molecule has 0 N–H and O–H groups in total. The van der Waals surface area contributed by atoms with Crippen LogP contribution in [0.3, 0.4) is 0 Å². The van der Waals surface area contributed by atoms with E-state index in [1.165, 1.54) is 111 Å². The van der Waals surface area contributed by atoms with Crippen LogP contribution >= 0.6 is 22.7 Å². The second kappa shape index (κ2) is 12.1. The fourth-order valence-electron chi connectivity index (χ4n) is 8.56. The van der Waals surface area contributed by atoms with E-state index in [9.17, 15) is 0 Å². The van der Waals surface area contributed by atoms with Gasteiger partial charge in [0.15, 0.2) is 0 Å². The molecule has 0 spiro atoms. The van der Waals surface area contributed by atoms with E-state index in [2.05, 4.69) is 171 Å². The van der Waals surface area contributed by atoms with Gasteiger partial charge in [-0.2, -0.15) is 0 Å². The number of fused-ring (bicyclic) bond motifs is 10. The van der Waals surface area contributed by atoms with E-state index in [-0.39, 0.29) is 0 Å². The molecule has 54 heavy (non-hydrogen) atoms. The maximum Gasteiger partial charge on any atom is 0.0361 e. The topological polar surface area (TPSA) is 0 Å². The summed E-state index contributed by atoms with van der Waals surface area (Å²) in [5.74, 6) is 0. The van der Waals surface area contributed by atoms with E-state index in [0.717, 1.165) is 5.57 Å². The van der Waals surface area contributed by atoms with Crippen molar-refractivity contribution in [1.82, 2.24) is 0 Å². The highest BCUT2D eigenvalue weighted by Crippen LogP contribution is 2.44. The van der Waals surface area contributed by atoms with Crippen LogP contribution in [0.5, 0.6) is 0 Å². The van der Waals surface area contributed by atoms with Crippen LogP contribution in [-0.2, 0) is 0 Å². The minimum Gasteiger partial charge on any atom is -0.135 e. The maximum absolute atomic E-state index is 4.46. The number of rotatable bonds is 5. The van der Waals surface area contributed by atoms with Gasteiger partial charge in [-0.25, -0.2) is 0 Å². The highest BCUT2D eigenvalue weighted by molar-refractivity contribution is 7.26. The van der Waals surface area contributed by atoms with E-state index in [0.29, 0.717) is 0 Å². The fraction of sp³-hybridized carbons (Fsp3) is 0. The Balaban J connectivity index is 1.02. The van der Waals surface area contributed by atoms with Crippen LogP contribution in [0.1, 0.15) is 5.56 Å². The lowest BCUT2D eigenvalue weighted by Gasteiger charge is -2.18. The molecule has 0 nitrogen and oxygen atoms in total. The molecule has 11 aromatic rings. The number of hydrogen-bond acceptors (Lipinski definition) is 2. The summed E-state index contributed by atoms with van der Waals surface area (Å²) < 4.78 is 5.36. The monoisotopic (exact) mass is 720 g/mol. The van der Waals surface area contributed by atoms with E-state index in [4.69, 9.17) is 0 Å². The summed E-state index contributed by atoms with van der Waals surface area (Å²) in [5, 5.41) is 15.3. The molecule has 0 aliphatic carbocycles. The van der Waals surface area contributed by atoms with Gasteiger partial charge in [-0.3, -0.25) is 0 Å². The van der Waals surface area contributed by atoms with Crippen molar-refractivity contribution >= 4 is 112 Å². The number of allylic oxidation sites excluding steroid dienone is 4. The molecule has 0 aliphatic heterocycles. The van der Waals surface area contributed by atoms with Gasteiger partial charge in [-0.05, 0) is 131 Å². The summed E-state index contributed by atoms with van der Waals surface area (Å²) in [5.41, 5.74) is 7.10. The Kier molecular flexibility index (Phi) is 7.00. The van der Waals surface area contributed by atoms with Crippen LogP contribution < -0.4 is 0 Å². The zero-order valence-electron chi connectivity index (χ0n) is 29.4. The van der Waals surface area contributed by atoms with Crippen LogP contribution in [0.4, 0.5) is 0 Å². The first-order valence-electron chi connectivity index (χ1n) is 18.3. The molecule has 0 amide bonds. The second-order valence-corrected chi connectivity index (χ2v) is 16.4. The Morgan fingerprint density at radius 1 is 0.407 bits per heavy atom. The Morgan fingerprint density at radius 2 is 0.907 bits per heavy atom. The molecule has 0 bridgehead atoms. The molecule has 11 rings (SSSR count). The van der Waals surface area contributed by atoms with Gasteiger partial charge < -0.3 is 0 Å². The van der Waals surface area contributed by atoms with Gasteiger partial charge in [-0.1, -0.05) is 128 Å². The van der Waals surface area contributed by atoms with Crippen LogP contribution in [0.25, 0.3) is 111 Å². The number of thiophene rings is 2. The Bertz CT molecular complexity index is 3360. The summed E-state index contributed by atoms with van der Waals surface area (Å²) >= 11 is 3.78. The molecular weight excluding hydrogens is 689 g/mol. The van der Waals surface area contributed by atoms with Crippen LogP contribution in [-0.4, -0.2) is 0 Å². The van der Waals surface area contributed by atoms with Crippen molar-refractivity contribution in [2.75, 3.05) is 0 Å². The number of hydrogen-bond donors (Lipinski definition) is 0. The molecule has 0 unspecified atom stereocenters. The van der Waals surface area contributed by atoms with Gasteiger partial charge >= 0.3 is 0 Å². The average Bonchev–Trinajstić information content (AvgIpc) is 3.76. The lowest BCUT2D eigenvalue weighted by atomic mass is 9.85. The van der Waals surface area contributed by atoms with E-state index in [1.807, 2.05) is 28.7 Å². The van der Waals surface area contributed by atoms with Crippen LogP contribution in [0, 0.1) is 0 Å². The van der Waals surface area contributed by atoms with Gasteiger partial charge in [0.1, 0.15) is 0 Å². The predicted octanol–water partition coefficient (Wildman–Crippen LogP) is 16.1. The summed E-state index contributed by atoms with van der Waals surface area (Å²) in [7, 11) is 0. The standard InChI is InChI=1S/C52H32S2/c1-3-4-11-31(2)51-40-13-5-7-15-42(40)52(43-16-8-6-14-41(43)51)36-21-20-32-24-33(18-19-34(32)25-36)35-22-23-48-45(26-35)46-28-38-29-49-44(27-37(38)30-50(46)54-48)39-12-9-10-17-47(39)53-49/h3-30H,1-2H2/b11-4-.